The smallest absolute Gasteiger partial charge is 0.491 e. The molecule has 0 amide bonds. The second kappa shape index (κ2) is 6.77. The number of rotatable bonds is 2. The van der Waals surface area contributed by atoms with Gasteiger partial charge in [0.25, 0.3) is 0 Å². The molecule has 0 aliphatic rings. The first-order valence-corrected chi connectivity index (χ1v) is 5.21. The van der Waals surface area contributed by atoms with Crippen LogP contribution < -0.4 is 10.2 Å². The van der Waals surface area contributed by atoms with Gasteiger partial charge in [-0.25, -0.2) is 9.18 Å². The van der Waals surface area contributed by atoms with Gasteiger partial charge in [-0.1, -0.05) is 0 Å². The number of carboxylic acids is 1. The zero-order valence-corrected chi connectivity index (χ0v) is 10.4. The molecule has 1 aromatic heterocycles. The first-order chi connectivity index (χ1) is 9.88. The molecule has 111 valence electrons. The van der Waals surface area contributed by atoms with E-state index in [-0.39, 0.29) is 10.9 Å². The van der Waals surface area contributed by atoms with Gasteiger partial charge in [0.2, 0.25) is 11.2 Å². The Morgan fingerprint density at radius 1 is 1.38 bits per heavy atom. The number of nitrogens with one attached hydrogen (secondary N) is 1. The molecule has 2 N–H and O–H groups in total. The van der Waals surface area contributed by atoms with Gasteiger partial charge in [0.15, 0.2) is 11.6 Å². The Morgan fingerprint density at radius 3 is 2.43 bits per heavy atom. The van der Waals surface area contributed by atoms with Gasteiger partial charge in [-0.05, 0) is 6.07 Å². The summed E-state index contributed by atoms with van der Waals surface area (Å²) in [5.41, 5.74) is -1.56. The Labute approximate surface area is 115 Å². The number of aromatic nitrogens is 1. The summed E-state index contributed by atoms with van der Waals surface area (Å²) in [7, 11) is 0.112. The van der Waals surface area contributed by atoms with E-state index in [0.29, 0.717) is 6.07 Å². The van der Waals surface area contributed by atoms with Crippen molar-refractivity contribution >= 4 is 24.7 Å². The van der Waals surface area contributed by atoms with Crippen molar-refractivity contribution in [3.05, 3.63) is 39.7 Å². The highest BCUT2D eigenvalue weighted by molar-refractivity contribution is 6.15. The number of pyridine rings is 1. The van der Waals surface area contributed by atoms with Gasteiger partial charge in [-0.15, -0.1) is 0 Å². The Bertz CT molecular complexity index is 734. The third-order valence-corrected chi connectivity index (χ3v) is 2.46. The van der Waals surface area contributed by atoms with Crippen molar-refractivity contribution in [3.8, 4) is 5.75 Å². The summed E-state index contributed by atoms with van der Waals surface area (Å²) in [6.07, 6.45) is 0.910. The molecule has 0 aliphatic heterocycles. The van der Waals surface area contributed by atoms with Crippen molar-refractivity contribution in [3.63, 3.8) is 0 Å². The normalized spacial score (nSPS) is 9.76. The molecule has 0 spiro atoms. The molecule has 21 heavy (non-hydrogen) atoms. The molecule has 0 saturated carbocycles. The van der Waals surface area contributed by atoms with Crippen LogP contribution in [0.4, 0.5) is 17.4 Å². The molecule has 1 heterocycles. The molecule has 0 fully saturated rings. The first kappa shape index (κ1) is 16.5. The Hall–Kier alpha value is -2.52. The summed E-state index contributed by atoms with van der Waals surface area (Å²) in [6, 6.07) is 0.637. The van der Waals surface area contributed by atoms with Crippen molar-refractivity contribution in [2.75, 3.05) is 7.11 Å². The number of H-pyrrole nitrogens is 1. The van der Waals surface area contributed by atoms with Crippen LogP contribution in [-0.2, 0) is 0 Å². The number of carboxylic acid groups (broad SMARTS) is 1. The van der Waals surface area contributed by atoms with E-state index < -0.39 is 42.2 Å². The van der Waals surface area contributed by atoms with E-state index in [1.807, 2.05) is 0 Å². The molecule has 2 rings (SSSR count). The Kier molecular flexibility index (Phi) is 5.33. The number of fused-ring (bicyclic) bond motifs is 1. The molecule has 0 aliphatic carbocycles. The maximum atomic E-state index is 13.4. The summed E-state index contributed by atoms with van der Waals surface area (Å²) in [5.74, 6) is -4.46. The number of benzene rings is 1. The van der Waals surface area contributed by atoms with Gasteiger partial charge < -0.3 is 14.8 Å². The second-order valence-corrected chi connectivity index (χ2v) is 3.55. The molecule has 1 radical (unpaired) electrons. The van der Waals surface area contributed by atoms with Gasteiger partial charge in [0.1, 0.15) is 5.56 Å². The van der Waals surface area contributed by atoms with Crippen molar-refractivity contribution in [1.82, 2.24) is 4.98 Å². The van der Waals surface area contributed by atoms with Crippen LogP contribution in [0, 0.1) is 11.6 Å². The van der Waals surface area contributed by atoms with E-state index in [0.717, 1.165) is 13.3 Å². The monoisotopic (exact) mass is 304 g/mol. The number of methoxy groups -OCH3 is 1. The fourth-order valence-electron chi connectivity index (χ4n) is 1.63. The Morgan fingerprint density at radius 2 is 1.95 bits per heavy atom. The zero-order valence-electron chi connectivity index (χ0n) is 10.4. The minimum absolute atomic E-state index is 0.0913. The lowest BCUT2D eigenvalue weighted by Crippen LogP contribution is -2.16. The molecule has 2 aromatic rings. The van der Waals surface area contributed by atoms with Crippen LogP contribution in [0.3, 0.4) is 0 Å². The third-order valence-electron chi connectivity index (χ3n) is 2.46. The zero-order chi connectivity index (χ0) is 16.2. The number of carbonyl (C=O) groups is 1. The highest BCUT2D eigenvalue weighted by Gasteiger charge is 2.19. The number of hydrogen-bond acceptors (Lipinski definition) is 3. The van der Waals surface area contributed by atoms with Crippen molar-refractivity contribution < 1.29 is 32.1 Å². The van der Waals surface area contributed by atoms with Crippen molar-refractivity contribution in [1.29, 1.82) is 0 Å². The number of ether oxygens (including phenoxy) is 1. The first-order valence-electron chi connectivity index (χ1n) is 5.21. The average Bonchev–Trinajstić information content (AvgIpc) is 2.42. The summed E-state index contributed by atoms with van der Waals surface area (Å²) in [6.45, 7) is 0. The molecule has 0 saturated heterocycles. The lowest BCUT2D eigenvalue weighted by atomic mass is 10.1. The largest absolute Gasteiger partial charge is 0.577 e. The predicted molar refractivity (Wildman–Crippen MR) is 66.0 cm³/mol. The predicted octanol–water partition coefficient (Wildman–Crippen LogP) is 1.97. The number of halogens is 4. The van der Waals surface area contributed by atoms with E-state index in [1.165, 1.54) is 0 Å². The van der Waals surface area contributed by atoms with Gasteiger partial charge in [0, 0.05) is 6.20 Å². The summed E-state index contributed by atoms with van der Waals surface area (Å²) in [4.78, 5) is 24.9. The number of aromatic carboxylic acids is 1. The molecular formula is C11H7BF4NO4. The minimum Gasteiger partial charge on any atom is -0.491 e. The lowest BCUT2D eigenvalue weighted by molar-refractivity contribution is 0.0695. The minimum atomic E-state index is -1.46. The van der Waals surface area contributed by atoms with E-state index in [2.05, 4.69) is 9.72 Å². The van der Waals surface area contributed by atoms with E-state index in [1.54, 1.807) is 0 Å². The number of aromatic amines is 1. The Balaban J connectivity index is 0.000000677. The second-order valence-electron chi connectivity index (χ2n) is 3.55. The summed E-state index contributed by atoms with van der Waals surface area (Å²) < 4.78 is 50.3. The molecule has 0 unspecified atom stereocenters. The fourth-order valence-corrected chi connectivity index (χ4v) is 1.63. The SMILES string of the molecule is COc1c(F)c(F)cc2c(=O)c(C(=O)O)c[nH]c12.F[B]F. The quantitative estimate of drug-likeness (QED) is 0.657. The van der Waals surface area contributed by atoms with Crippen molar-refractivity contribution in [2.45, 2.75) is 0 Å². The van der Waals surface area contributed by atoms with E-state index in [9.17, 15) is 27.0 Å². The molecule has 10 heteroatoms. The molecule has 5 nitrogen and oxygen atoms in total. The highest BCUT2D eigenvalue weighted by Crippen LogP contribution is 2.27. The van der Waals surface area contributed by atoms with Gasteiger partial charge in [0.05, 0.1) is 18.0 Å². The topological polar surface area (TPSA) is 79.4 Å². The van der Waals surface area contributed by atoms with Crippen LogP contribution >= 0.6 is 0 Å². The van der Waals surface area contributed by atoms with Crippen LogP contribution in [-0.4, -0.2) is 31.0 Å². The molecular weight excluding hydrogens is 297 g/mol. The summed E-state index contributed by atoms with van der Waals surface area (Å²) in [5, 5.41) is 8.47. The molecule has 1 aromatic carbocycles. The van der Waals surface area contributed by atoms with Gasteiger partial charge >= 0.3 is 13.8 Å². The van der Waals surface area contributed by atoms with Crippen LogP contribution in [0.1, 0.15) is 10.4 Å². The van der Waals surface area contributed by atoms with Gasteiger partial charge in [-0.3, -0.25) is 13.4 Å². The van der Waals surface area contributed by atoms with Crippen molar-refractivity contribution in [2.24, 2.45) is 0 Å². The van der Waals surface area contributed by atoms with Crippen LogP contribution in [0.15, 0.2) is 17.1 Å². The van der Waals surface area contributed by atoms with E-state index >= 15 is 0 Å². The molecule has 0 atom stereocenters. The lowest BCUT2D eigenvalue weighted by Gasteiger charge is -2.07. The average molecular weight is 304 g/mol. The maximum absolute atomic E-state index is 13.4. The molecule has 0 bridgehead atoms. The fraction of sp³-hybridized carbons (Fsp3) is 0.0909. The van der Waals surface area contributed by atoms with E-state index in [4.69, 9.17) is 5.11 Å². The highest BCUT2D eigenvalue weighted by atomic mass is 19.2. The summed E-state index contributed by atoms with van der Waals surface area (Å²) >= 11 is 0. The van der Waals surface area contributed by atoms with Crippen LogP contribution in [0.2, 0.25) is 0 Å². The standard InChI is InChI=1S/C11H7F2NO4.BF2/c1-18-10-7(13)6(12)2-4-8(10)14-3-5(9(4)15)11(16)17;2-1-3/h2-3H,1H3,(H,14,15)(H,16,17);. The van der Waals surface area contributed by atoms with Gasteiger partial charge in [-0.2, -0.15) is 4.39 Å². The maximum Gasteiger partial charge on any atom is 0.577 e. The third kappa shape index (κ3) is 3.15. The van der Waals surface area contributed by atoms with Crippen LogP contribution in [0.25, 0.3) is 10.9 Å². The van der Waals surface area contributed by atoms with Crippen LogP contribution in [0.5, 0.6) is 5.75 Å². The number of hydrogen-bond donors (Lipinski definition) is 2.